The molecule has 1 aliphatic heterocycles. The number of likely N-dealkylation sites (N-methyl/N-ethyl adjacent to an activating group) is 1. The number of nitrogens with one attached hydrogen (secondary N) is 1. The molecule has 2 aromatic carbocycles. The van der Waals surface area contributed by atoms with E-state index < -0.39 is 0 Å². The van der Waals surface area contributed by atoms with Crippen LogP contribution in [0, 0.1) is 6.92 Å². The van der Waals surface area contributed by atoms with Gasteiger partial charge in [-0.3, -0.25) is 0 Å². The normalized spacial score (nSPS) is 13.5. The molecule has 0 aliphatic carbocycles. The highest BCUT2D eigenvalue weighted by Gasteiger charge is 2.15. The van der Waals surface area contributed by atoms with E-state index in [1.54, 1.807) is 0 Å². The molecule has 0 aromatic heterocycles. The van der Waals surface area contributed by atoms with Crippen molar-refractivity contribution in [3.8, 4) is 0 Å². The van der Waals surface area contributed by atoms with Crippen molar-refractivity contribution in [1.82, 2.24) is 0 Å². The molecule has 0 saturated carbocycles. The number of hydrogen-bond donors (Lipinski definition) is 1. The van der Waals surface area contributed by atoms with E-state index >= 15 is 0 Å². The zero-order valence-corrected chi connectivity index (χ0v) is 12.0. The van der Waals surface area contributed by atoms with E-state index in [0.717, 1.165) is 34.9 Å². The maximum atomic E-state index is 6.15. The maximum Gasteiger partial charge on any atom is 0.0455 e. The lowest BCUT2D eigenvalue weighted by atomic mass is 10.1. The lowest BCUT2D eigenvalue weighted by molar-refractivity contribution is 0.956. The SMILES string of the molecule is Cc1c(Cl)cccc1Nc1ccc2c(c1)CCN2C. The Labute approximate surface area is 119 Å². The highest BCUT2D eigenvalue weighted by atomic mass is 35.5. The number of nitrogens with zero attached hydrogens (tertiary/aromatic N) is 1. The first-order chi connectivity index (χ1) is 9.15. The first-order valence-electron chi connectivity index (χ1n) is 6.51. The predicted octanol–water partition coefficient (Wildman–Crippen LogP) is 4.38. The van der Waals surface area contributed by atoms with Crippen molar-refractivity contribution < 1.29 is 0 Å². The van der Waals surface area contributed by atoms with Crippen LogP contribution in [0.25, 0.3) is 0 Å². The fourth-order valence-corrected chi connectivity index (χ4v) is 2.72. The Morgan fingerprint density at radius 3 is 2.89 bits per heavy atom. The van der Waals surface area contributed by atoms with Crippen LogP contribution in [0.3, 0.4) is 0 Å². The number of rotatable bonds is 2. The summed E-state index contributed by atoms with van der Waals surface area (Å²) >= 11 is 6.15. The molecule has 0 radical (unpaired) electrons. The summed E-state index contributed by atoms with van der Waals surface area (Å²) in [6.07, 6.45) is 1.12. The number of halogens is 1. The first-order valence-corrected chi connectivity index (χ1v) is 6.89. The second kappa shape index (κ2) is 4.78. The zero-order chi connectivity index (χ0) is 13.4. The molecule has 3 heteroatoms. The van der Waals surface area contributed by atoms with Crippen LogP contribution >= 0.6 is 11.6 Å². The third-order valence-electron chi connectivity index (χ3n) is 3.75. The summed E-state index contributed by atoms with van der Waals surface area (Å²) in [5.74, 6) is 0. The van der Waals surface area contributed by atoms with Gasteiger partial charge in [0.25, 0.3) is 0 Å². The number of fused-ring (bicyclic) bond motifs is 1. The van der Waals surface area contributed by atoms with Crippen molar-refractivity contribution in [3.05, 3.63) is 52.5 Å². The molecule has 1 N–H and O–H groups in total. The molecular formula is C16H17ClN2. The molecule has 0 atom stereocenters. The van der Waals surface area contributed by atoms with Crippen LogP contribution in [0.15, 0.2) is 36.4 Å². The lowest BCUT2D eigenvalue weighted by Gasteiger charge is -2.14. The number of anilines is 3. The summed E-state index contributed by atoms with van der Waals surface area (Å²) in [6, 6.07) is 12.5. The van der Waals surface area contributed by atoms with Crippen LogP contribution in [-0.4, -0.2) is 13.6 Å². The topological polar surface area (TPSA) is 15.3 Å². The zero-order valence-electron chi connectivity index (χ0n) is 11.2. The summed E-state index contributed by atoms with van der Waals surface area (Å²) in [7, 11) is 2.14. The summed E-state index contributed by atoms with van der Waals surface area (Å²) in [6.45, 7) is 3.14. The van der Waals surface area contributed by atoms with E-state index in [0.29, 0.717) is 0 Å². The van der Waals surface area contributed by atoms with Crippen molar-refractivity contribution in [2.45, 2.75) is 13.3 Å². The first kappa shape index (κ1) is 12.4. The maximum absolute atomic E-state index is 6.15. The van der Waals surface area contributed by atoms with Gasteiger partial charge in [-0.1, -0.05) is 17.7 Å². The summed E-state index contributed by atoms with van der Waals surface area (Å²) in [5, 5.41) is 4.25. The molecule has 0 spiro atoms. The van der Waals surface area contributed by atoms with Gasteiger partial charge in [0, 0.05) is 35.7 Å². The summed E-state index contributed by atoms with van der Waals surface area (Å²) in [4.78, 5) is 2.30. The van der Waals surface area contributed by atoms with Crippen LogP contribution in [-0.2, 0) is 6.42 Å². The minimum absolute atomic E-state index is 0.797. The van der Waals surface area contributed by atoms with Crippen molar-refractivity contribution >= 4 is 28.7 Å². The molecular weight excluding hydrogens is 256 g/mol. The van der Waals surface area contributed by atoms with Crippen molar-refractivity contribution in [1.29, 1.82) is 0 Å². The second-order valence-electron chi connectivity index (χ2n) is 5.05. The Balaban J connectivity index is 1.90. The van der Waals surface area contributed by atoms with Crippen LogP contribution in [0.4, 0.5) is 17.1 Å². The Hall–Kier alpha value is -1.67. The van der Waals surface area contributed by atoms with Gasteiger partial charge in [0.1, 0.15) is 0 Å². The summed E-state index contributed by atoms with van der Waals surface area (Å²) < 4.78 is 0. The molecule has 3 rings (SSSR count). The monoisotopic (exact) mass is 272 g/mol. The molecule has 0 saturated heterocycles. The molecule has 1 heterocycles. The van der Waals surface area contributed by atoms with Gasteiger partial charge in [-0.15, -0.1) is 0 Å². The predicted molar refractivity (Wildman–Crippen MR) is 82.9 cm³/mol. The van der Waals surface area contributed by atoms with Gasteiger partial charge in [-0.05, 0) is 54.8 Å². The summed E-state index contributed by atoms with van der Waals surface area (Å²) in [5.41, 5.74) is 6.03. The van der Waals surface area contributed by atoms with E-state index in [2.05, 4.69) is 41.5 Å². The van der Waals surface area contributed by atoms with Gasteiger partial charge in [-0.2, -0.15) is 0 Å². The van der Waals surface area contributed by atoms with E-state index in [1.807, 2.05) is 19.1 Å². The molecule has 1 aliphatic rings. The van der Waals surface area contributed by atoms with Gasteiger partial charge in [0.2, 0.25) is 0 Å². The van der Waals surface area contributed by atoms with E-state index in [9.17, 15) is 0 Å². The molecule has 2 nitrogen and oxygen atoms in total. The van der Waals surface area contributed by atoms with Crippen molar-refractivity contribution in [3.63, 3.8) is 0 Å². The minimum Gasteiger partial charge on any atom is -0.374 e. The highest BCUT2D eigenvalue weighted by molar-refractivity contribution is 6.31. The Morgan fingerprint density at radius 2 is 2.05 bits per heavy atom. The standard InChI is InChI=1S/C16H17ClN2/c1-11-14(17)4-3-5-15(11)18-13-6-7-16-12(10-13)8-9-19(16)2/h3-7,10,18H,8-9H2,1-2H3. The third-order valence-corrected chi connectivity index (χ3v) is 4.16. The molecule has 19 heavy (non-hydrogen) atoms. The van der Waals surface area contributed by atoms with Crippen molar-refractivity contribution in [2.24, 2.45) is 0 Å². The van der Waals surface area contributed by atoms with Gasteiger partial charge >= 0.3 is 0 Å². The average Bonchev–Trinajstić information content (AvgIpc) is 2.76. The van der Waals surface area contributed by atoms with Gasteiger partial charge < -0.3 is 10.2 Å². The van der Waals surface area contributed by atoms with Crippen molar-refractivity contribution in [2.75, 3.05) is 23.8 Å². The Kier molecular flexibility index (Phi) is 3.11. The van der Waals surface area contributed by atoms with Crippen LogP contribution in [0.5, 0.6) is 0 Å². The smallest absolute Gasteiger partial charge is 0.0455 e. The molecule has 0 fully saturated rings. The fourth-order valence-electron chi connectivity index (χ4n) is 2.54. The molecule has 0 unspecified atom stereocenters. The van der Waals surface area contributed by atoms with E-state index in [4.69, 9.17) is 11.6 Å². The fraction of sp³-hybridized carbons (Fsp3) is 0.250. The van der Waals surface area contributed by atoms with E-state index in [1.165, 1.54) is 11.3 Å². The average molecular weight is 273 g/mol. The van der Waals surface area contributed by atoms with Gasteiger partial charge in [0.15, 0.2) is 0 Å². The molecule has 0 bridgehead atoms. The van der Waals surface area contributed by atoms with Gasteiger partial charge in [-0.25, -0.2) is 0 Å². The largest absolute Gasteiger partial charge is 0.374 e. The van der Waals surface area contributed by atoms with Crippen LogP contribution in [0.2, 0.25) is 5.02 Å². The third kappa shape index (κ3) is 2.28. The van der Waals surface area contributed by atoms with E-state index in [-0.39, 0.29) is 0 Å². The Morgan fingerprint density at radius 1 is 1.21 bits per heavy atom. The number of benzene rings is 2. The molecule has 0 amide bonds. The van der Waals surface area contributed by atoms with Crippen LogP contribution in [0.1, 0.15) is 11.1 Å². The van der Waals surface area contributed by atoms with Gasteiger partial charge in [0.05, 0.1) is 0 Å². The molecule has 98 valence electrons. The van der Waals surface area contributed by atoms with Crippen LogP contribution < -0.4 is 10.2 Å². The second-order valence-corrected chi connectivity index (χ2v) is 5.46. The quantitative estimate of drug-likeness (QED) is 0.873. The minimum atomic E-state index is 0.797. The highest BCUT2D eigenvalue weighted by Crippen LogP contribution is 2.31. The number of hydrogen-bond acceptors (Lipinski definition) is 2. The Bertz CT molecular complexity index is 622. The lowest BCUT2D eigenvalue weighted by Crippen LogP contribution is -2.12. The molecule has 2 aromatic rings.